The molecule has 2 aromatic carbocycles. The Morgan fingerprint density at radius 2 is 1.60 bits per heavy atom. The van der Waals surface area contributed by atoms with Crippen LogP contribution in [0.3, 0.4) is 0 Å². The number of rotatable bonds is 5. The molecule has 0 saturated heterocycles. The molecule has 0 aromatic heterocycles. The molecule has 0 spiro atoms. The lowest BCUT2D eigenvalue weighted by molar-refractivity contribution is -0.139. The second-order valence-electron chi connectivity index (χ2n) is 6.19. The highest BCUT2D eigenvalue weighted by atomic mass is 16.5. The highest BCUT2D eigenvalue weighted by molar-refractivity contribution is 6.06. The van der Waals surface area contributed by atoms with Gasteiger partial charge in [-0.15, -0.1) is 0 Å². The molecule has 0 radical (unpaired) electrons. The van der Waals surface area contributed by atoms with E-state index in [0.717, 1.165) is 0 Å². The Hall–Kier alpha value is -4.13. The molecule has 7 nitrogen and oxygen atoms in total. The fourth-order valence-electron chi connectivity index (χ4n) is 2.89. The molecule has 3 rings (SSSR count). The fourth-order valence-corrected chi connectivity index (χ4v) is 2.89. The van der Waals surface area contributed by atoms with Crippen LogP contribution in [-0.2, 0) is 19.1 Å². The first kappa shape index (κ1) is 20.6. The maximum absolute atomic E-state index is 12.5. The average Bonchev–Trinajstić information content (AvgIpc) is 3.02. The SMILES string of the molecule is COC(=O)C1=C(C(=O)OC)N(c2cccc(NC(=O)c3ccccc3)c2)C=CC=C1. The molecule has 0 aliphatic carbocycles. The maximum atomic E-state index is 12.5. The van der Waals surface area contributed by atoms with Crippen LogP contribution < -0.4 is 10.2 Å². The lowest BCUT2D eigenvalue weighted by atomic mass is 10.1. The number of ether oxygens (including phenoxy) is 2. The first-order chi connectivity index (χ1) is 14.5. The van der Waals surface area contributed by atoms with Crippen molar-refractivity contribution in [1.29, 1.82) is 0 Å². The van der Waals surface area contributed by atoms with E-state index in [1.807, 2.05) is 6.07 Å². The minimum absolute atomic E-state index is 0.000820. The third kappa shape index (κ3) is 4.47. The van der Waals surface area contributed by atoms with E-state index in [2.05, 4.69) is 5.32 Å². The smallest absolute Gasteiger partial charge is 0.355 e. The molecule has 30 heavy (non-hydrogen) atoms. The molecule has 1 N–H and O–H groups in total. The van der Waals surface area contributed by atoms with Gasteiger partial charge in [0.1, 0.15) is 5.70 Å². The molecule has 7 heteroatoms. The van der Waals surface area contributed by atoms with Gasteiger partial charge in [0.2, 0.25) is 0 Å². The molecule has 1 amide bonds. The van der Waals surface area contributed by atoms with Crippen LogP contribution in [0.15, 0.2) is 90.3 Å². The average molecular weight is 404 g/mol. The number of methoxy groups -OCH3 is 2. The van der Waals surface area contributed by atoms with Gasteiger partial charge in [-0.3, -0.25) is 4.79 Å². The molecule has 0 unspecified atom stereocenters. The van der Waals surface area contributed by atoms with Crippen molar-refractivity contribution in [2.24, 2.45) is 0 Å². The Morgan fingerprint density at radius 3 is 2.30 bits per heavy atom. The molecule has 1 aliphatic heterocycles. The highest BCUT2D eigenvalue weighted by Crippen LogP contribution is 2.28. The Bertz CT molecular complexity index is 1050. The Kier molecular flexibility index (Phi) is 6.44. The minimum atomic E-state index is -0.703. The summed E-state index contributed by atoms with van der Waals surface area (Å²) in [6, 6.07) is 15.7. The zero-order chi connectivity index (χ0) is 21.5. The summed E-state index contributed by atoms with van der Waals surface area (Å²) >= 11 is 0. The van der Waals surface area contributed by atoms with Crippen molar-refractivity contribution in [3.05, 3.63) is 95.9 Å². The van der Waals surface area contributed by atoms with Crippen LogP contribution in [0.5, 0.6) is 0 Å². The Morgan fingerprint density at radius 1 is 0.867 bits per heavy atom. The zero-order valence-electron chi connectivity index (χ0n) is 16.5. The molecule has 0 fully saturated rings. The minimum Gasteiger partial charge on any atom is -0.465 e. The van der Waals surface area contributed by atoms with E-state index in [0.29, 0.717) is 16.9 Å². The number of hydrogen-bond donors (Lipinski definition) is 1. The summed E-state index contributed by atoms with van der Waals surface area (Å²) in [4.78, 5) is 38.7. The topological polar surface area (TPSA) is 84.9 Å². The van der Waals surface area contributed by atoms with Crippen molar-refractivity contribution in [2.75, 3.05) is 24.4 Å². The summed E-state index contributed by atoms with van der Waals surface area (Å²) in [6.07, 6.45) is 6.40. The number of nitrogens with one attached hydrogen (secondary N) is 1. The van der Waals surface area contributed by atoms with E-state index >= 15 is 0 Å². The van der Waals surface area contributed by atoms with E-state index in [-0.39, 0.29) is 17.2 Å². The van der Waals surface area contributed by atoms with Gasteiger partial charge in [-0.25, -0.2) is 9.59 Å². The summed E-state index contributed by atoms with van der Waals surface area (Å²) in [7, 11) is 2.47. The molecule has 1 heterocycles. The van der Waals surface area contributed by atoms with Gasteiger partial charge in [-0.2, -0.15) is 0 Å². The van der Waals surface area contributed by atoms with Crippen molar-refractivity contribution in [3.8, 4) is 0 Å². The Balaban J connectivity index is 1.99. The van der Waals surface area contributed by atoms with Crippen molar-refractivity contribution in [1.82, 2.24) is 0 Å². The highest BCUT2D eigenvalue weighted by Gasteiger charge is 2.27. The molecule has 0 atom stereocenters. The number of allylic oxidation sites excluding steroid dienone is 2. The number of benzene rings is 2. The van der Waals surface area contributed by atoms with E-state index < -0.39 is 11.9 Å². The number of nitrogens with zero attached hydrogens (tertiary/aromatic N) is 1. The normalized spacial score (nSPS) is 12.9. The zero-order valence-corrected chi connectivity index (χ0v) is 16.5. The first-order valence-corrected chi connectivity index (χ1v) is 9.06. The number of anilines is 2. The van der Waals surface area contributed by atoms with Crippen LogP contribution in [0, 0.1) is 0 Å². The molecule has 0 saturated carbocycles. The molecular weight excluding hydrogens is 384 g/mol. The van der Waals surface area contributed by atoms with Gasteiger partial charge < -0.3 is 19.7 Å². The van der Waals surface area contributed by atoms with E-state index in [1.54, 1.807) is 66.9 Å². The second kappa shape index (κ2) is 9.38. The number of carbonyl (C=O) groups excluding carboxylic acids is 3. The summed E-state index contributed by atoms with van der Waals surface area (Å²) < 4.78 is 9.70. The van der Waals surface area contributed by atoms with E-state index in [4.69, 9.17) is 9.47 Å². The monoisotopic (exact) mass is 404 g/mol. The first-order valence-electron chi connectivity index (χ1n) is 9.06. The van der Waals surface area contributed by atoms with Gasteiger partial charge in [0, 0.05) is 23.1 Å². The maximum Gasteiger partial charge on any atom is 0.355 e. The van der Waals surface area contributed by atoms with Crippen LogP contribution >= 0.6 is 0 Å². The largest absolute Gasteiger partial charge is 0.465 e. The summed E-state index contributed by atoms with van der Waals surface area (Å²) in [5, 5.41) is 2.83. The number of hydrogen-bond acceptors (Lipinski definition) is 6. The van der Waals surface area contributed by atoms with Crippen LogP contribution in [0.25, 0.3) is 0 Å². The summed E-state index contributed by atoms with van der Waals surface area (Å²) in [5.74, 6) is -1.64. The van der Waals surface area contributed by atoms with E-state index in [9.17, 15) is 14.4 Å². The molecular formula is C23H20N2O5. The number of amides is 1. The molecule has 0 bridgehead atoms. The van der Waals surface area contributed by atoms with Gasteiger partial charge in [-0.1, -0.05) is 30.3 Å². The molecule has 152 valence electrons. The van der Waals surface area contributed by atoms with Crippen LogP contribution in [0.2, 0.25) is 0 Å². The third-order valence-electron chi connectivity index (χ3n) is 4.31. The lowest BCUT2D eigenvalue weighted by Gasteiger charge is -2.23. The van der Waals surface area contributed by atoms with Gasteiger partial charge in [-0.05, 0) is 42.5 Å². The van der Waals surface area contributed by atoms with Gasteiger partial charge in [0.15, 0.2) is 0 Å². The molecule has 2 aromatic rings. The quantitative estimate of drug-likeness (QED) is 0.769. The lowest BCUT2D eigenvalue weighted by Crippen LogP contribution is -2.27. The van der Waals surface area contributed by atoms with Crippen molar-refractivity contribution < 1.29 is 23.9 Å². The Labute approximate surface area is 173 Å². The predicted octanol–water partition coefficient (Wildman–Crippen LogP) is 3.43. The van der Waals surface area contributed by atoms with Gasteiger partial charge in [0.05, 0.1) is 19.8 Å². The van der Waals surface area contributed by atoms with Crippen molar-refractivity contribution in [3.63, 3.8) is 0 Å². The standard InChI is InChI=1S/C23H20N2O5/c1-29-22(27)19-13-6-7-14-25(20(19)23(28)30-2)18-12-8-11-17(15-18)24-21(26)16-9-4-3-5-10-16/h3-15H,1-2H3,(H,24,26). The van der Waals surface area contributed by atoms with Gasteiger partial charge >= 0.3 is 11.9 Å². The third-order valence-corrected chi connectivity index (χ3v) is 4.31. The van der Waals surface area contributed by atoms with Crippen molar-refractivity contribution in [2.45, 2.75) is 0 Å². The summed E-state index contributed by atoms with van der Waals surface area (Å²) in [5.41, 5.74) is 1.64. The van der Waals surface area contributed by atoms with E-state index in [1.165, 1.54) is 25.2 Å². The number of esters is 2. The predicted molar refractivity (Wildman–Crippen MR) is 113 cm³/mol. The van der Waals surface area contributed by atoms with Gasteiger partial charge in [0.25, 0.3) is 5.91 Å². The molecule has 1 aliphatic rings. The summed E-state index contributed by atoms with van der Waals surface area (Å²) in [6.45, 7) is 0. The fraction of sp³-hybridized carbons (Fsp3) is 0.0870. The van der Waals surface area contributed by atoms with Crippen LogP contribution in [-0.4, -0.2) is 32.1 Å². The number of carbonyl (C=O) groups is 3. The van der Waals surface area contributed by atoms with Crippen LogP contribution in [0.4, 0.5) is 11.4 Å². The van der Waals surface area contributed by atoms with Crippen molar-refractivity contribution >= 4 is 29.2 Å². The van der Waals surface area contributed by atoms with Crippen LogP contribution in [0.1, 0.15) is 10.4 Å². The second-order valence-corrected chi connectivity index (χ2v) is 6.19.